The van der Waals surface area contributed by atoms with Gasteiger partial charge in [-0.1, -0.05) is 18.2 Å². The van der Waals surface area contributed by atoms with Crippen molar-refractivity contribution in [1.82, 2.24) is 30.6 Å². The van der Waals surface area contributed by atoms with E-state index in [0.717, 1.165) is 17.4 Å². The number of rotatable bonds is 5. The van der Waals surface area contributed by atoms with Gasteiger partial charge in [-0.25, -0.2) is 18.4 Å². The van der Waals surface area contributed by atoms with E-state index in [1.165, 1.54) is 6.20 Å². The zero-order valence-electron chi connectivity index (χ0n) is 14.0. The van der Waals surface area contributed by atoms with E-state index in [0.29, 0.717) is 24.0 Å². The standard InChI is InChI=1S/C15H17N7O2S/c1-10-16-8-13(25(3,23)24)15(17-10)22(2)9-11-5-4-6-12(7-11)14-18-20-21-19-14/h4-8H,9H2,1-3H3,(H,18,19,20,21). The summed E-state index contributed by atoms with van der Waals surface area (Å²) in [6, 6.07) is 7.63. The second kappa shape index (κ2) is 6.55. The van der Waals surface area contributed by atoms with E-state index in [1.54, 1.807) is 18.9 Å². The van der Waals surface area contributed by atoms with Crippen LogP contribution in [0.3, 0.4) is 0 Å². The van der Waals surface area contributed by atoms with E-state index >= 15 is 0 Å². The summed E-state index contributed by atoms with van der Waals surface area (Å²) >= 11 is 0. The Bertz CT molecular complexity index is 987. The predicted molar refractivity (Wildman–Crippen MR) is 91.6 cm³/mol. The van der Waals surface area contributed by atoms with Gasteiger partial charge >= 0.3 is 0 Å². The highest BCUT2D eigenvalue weighted by molar-refractivity contribution is 7.90. The molecule has 0 aliphatic rings. The van der Waals surface area contributed by atoms with Gasteiger partial charge in [0.25, 0.3) is 0 Å². The molecule has 0 spiro atoms. The van der Waals surface area contributed by atoms with Crippen LogP contribution in [0.5, 0.6) is 0 Å². The second-order valence-corrected chi connectivity index (χ2v) is 7.65. The summed E-state index contributed by atoms with van der Waals surface area (Å²) in [5.74, 6) is 1.38. The smallest absolute Gasteiger partial charge is 0.204 e. The first-order valence-corrected chi connectivity index (χ1v) is 9.31. The van der Waals surface area contributed by atoms with Crippen molar-refractivity contribution in [2.24, 2.45) is 0 Å². The minimum Gasteiger partial charge on any atom is -0.354 e. The lowest BCUT2D eigenvalue weighted by Gasteiger charge is -2.21. The summed E-state index contributed by atoms with van der Waals surface area (Å²) in [6.45, 7) is 2.19. The number of nitrogens with zero attached hydrogens (tertiary/aromatic N) is 6. The first kappa shape index (κ1) is 17.0. The average Bonchev–Trinajstić information content (AvgIpc) is 3.08. The molecular formula is C15H17N7O2S. The zero-order valence-corrected chi connectivity index (χ0v) is 14.8. The molecule has 0 radical (unpaired) electrons. The lowest BCUT2D eigenvalue weighted by atomic mass is 10.1. The lowest BCUT2D eigenvalue weighted by molar-refractivity contribution is 0.600. The van der Waals surface area contributed by atoms with Crippen LogP contribution in [-0.4, -0.2) is 52.3 Å². The molecule has 2 heterocycles. The Morgan fingerprint density at radius 3 is 2.76 bits per heavy atom. The van der Waals surface area contributed by atoms with Gasteiger partial charge in [-0.15, -0.1) is 10.2 Å². The first-order chi connectivity index (χ1) is 11.8. The Morgan fingerprint density at radius 2 is 2.08 bits per heavy atom. The summed E-state index contributed by atoms with van der Waals surface area (Å²) in [6.07, 6.45) is 2.49. The SMILES string of the molecule is Cc1ncc(S(C)(=O)=O)c(N(C)Cc2cccc(-c3nn[nH]n3)c2)n1. The van der Waals surface area contributed by atoms with E-state index in [-0.39, 0.29) is 4.90 Å². The molecule has 3 rings (SSSR count). The van der Waals surface area contributed by atoms with Crippen LogP contribution in [0.25, 0.3) is 11.4 Å². The van der Waals surface area contributed by atoms with E-state index < -0.39 is 9.84 Å². The van der Waals surface area contributed by atoms with Crippen LogP contribution in [-0.2, 0) is 16.4 Å². The Balaban J connectivity index is 1.92. The maximum atomic E-state index is 12.0. The van der Waals surface area contributed by atoms with Gasteiger partial charge in [0, 0.05) is 25.4 Å². The highest BCUT2D eigenvalue weighted by Gasteiger charge is 2.19. The second-order valence-electron chi connectivity index (χ2n) is 5.67. The van der Waals surface area contributed by atoms with E-state index in [1.807, 2.05) is 24.3 Å². The Labute approximate surface area is 145 Å². The van der Waals surface area contributed by atoms with Gasteiger partial charge in [0.15, 0.2) is 15.7 Å². The number of aromatic amines is 1. The molecule has 0 saturated carbocycles. The molecule has 0 amide bonds. The summed E-state index contributed by atoms with van der Waals surface area (Å²) in [7, 11) is -1.64. The molecule has 2 aromatic heterocycles. The third kappa shape index (κ3) is 3.79. The Morgan fingerprint density at radius 1 is 1.28 bits per heavy atom. The van der Waals surface area contributed by atoms with Crippen molar-refractivity contribution >= 4 is 15.7 Å². The number of hydrogen-bond donors (Lipinski definition) is 1. The summed E-state index contributed by atoms with van der Waals surface area (Å²) in [5, 5.41) is 13.9. The maximum Gasteiger partial charge on any atom is 0.204 e. The summed E-state index contributed by atoms with van der Waals surface area (Å²) in [5.41, 5.74) is 1.78. The third-order valence-corrected chi connectivity index (χ3v) is 4.65. The molecule has 9 nitrogen and oxygen atoms in total. The molecule has 10 heteroatoms. The molecule has 0 bridgehead atoms. The van der Waals surface area contributed by atoms with Crippen molar-refractivity contribution in [3.05, 3.63) is 41.9 Å². The molecule has 0 aliphatic heterocycles. The van der Waals surface area contributed by atoms with Crippen LogP contribution in [0.4, 0.5) is 5.82 Å². The molecule has 0 unspecified atom stereocenters. The number of tetrazole rings is 1. The number of aryl methyl sites for hydroxylation is 1. The lowest BCUT2D eigenvalue weighted by Crippen LogP contribution is -2.21. The molecule has 0 fully saturated rings. The number of H-pyrrole nitrogens is 1. The molecule has 25 heavy (non-hydrogen) atoms. The summed E-state index contributed by atoms with van der Waals surface area (Å²) < 4.78 is 24.0. The molecule has 0 saturated heterocycles. The normalized spacial score (nSPS) is 11.5. The van der Waals surface area contributed by atoms with Gasteiger partial charge in [0.2, 0.25) is 5.82 Å². The van der Waals surface area contributed by atoms with E-state index in [2.05, 4.69) is 30.6 Å². The molecular weight excluding hydrogens is 342 g/mol. The van der Waals surface area contributed by atoms with Gasteiger partial charge < -0.3 is 4.90 Å². The van der Waals surface area contributed by atoms with Crippen LogP contribution in [0.1, 0.15) is 11.4 Å². The van der Waals surface area contributed by atoms with Crippen LogP contribution >= 0.6 is 0 Å². The number of benzene rings is 1. The van der Waals surface area contributed by atoms with Crippen LogP contribution in [0.15, 0.2) is 35.4 Å². The van der Waals surface area contributed by atoms with Crippen molar-refractivity contribution in [2.45, 2.75) is 18.4 Å². The van der Waals surface area contributed by atoms with Crippen LogP contribution in [0.2, 0.25) is 0 Å². The Kier molecular flexibility index (Phi) is 4.45. The average molecular weight is 359 g/mol. The molecule has 0 aliphatic carbocycles. The highest BCUT2D eigenvalue weighted by atomic mass is 32.2. The minimum atomic E-state index is -3.43. The summed E-state index contributed by atoms with van der Waals surface area (Å²) in [4.78, 5) is 10.2. The number of hydrogen-bond acceptors (Lipinski definition) is 8. The third-order valence-electron chi connectivity index (χ3n) is 3.57. The molecule has 1 N–H and O–H groups in total. The van der Waals surface area contributed by atoms with Gasteiger partial charge in [-0.3, -0.25) is 0 Å². The van der Waals surface area contributed by atoms with E-state index in [9.17, 15) is 8.42 Å². The van der Waals surface area contributed by atoms with Crippen molar-refractivity contribution in [2.75, 3.05) is 18.2 Å². The van der Waals surface area contributed by atoms with Gasteiger partial charge in [0.1, 0.15) is 10.7 Å². The topological polar surface area (TPSA) is 118 Å². The fourth-order valence-corrected chi connectivity index (χ4v) is 3.20. The molecule has 3 aromatic rings. The molecule has 0 atom stereocenters. The quantitative estimate of drug-likeness (QED) is 0.717. The van der Waals surface area contributed by atoms with Crippen LogP contribution in [0, 0.1) is 6.92 Å². The highest BCUT2D eigenvalue weighted by Crippen LogP contribution is 2.23. The largest absolute Gasteiger partial charge is 0.354 e. The van der Waals surface area contributed by atoms with Gasteiger partial charge in [0.05, 0.1) is 6.20 Å². The van der Waals surface area contributed by atoms with Crippen molar-refractivity contribution in [3.8, 4) is 11.4 Å². The zero-order chi connectivity index (χ0) is 18.0. The number of aromatic nitrogens is 6. The maximum absolute atomic E-state index is 12.0. The fraction of sp³-hybridized carbons (Fsp3) is 0.267. The van der Waals surface area contributed by atoms with Crippen molar-refractivity contribution in [1.29, 1.82) is 0 Å². The Hall–Kier alpha value is -2.88. The number of sulfone groups is 1. The fourth-order valence-electron chi connectivity index (χ4n) is 2.42. The molecule has 130 valence electrons. The minimum absolute atomic E-state index is 0.106. The predicted octanol–water partition coefficient (Wildman–Crippen LogP) is 1.01. The number of anilines is 1. The van der Waals surface area contributed by atoms with E-state index in [4.69, 9.17) is 0 Å². The van der Waals surface area contributed by atoms with Crippen LogP contribution < -0.4 is 4.90 Å². The first-order valence-electron chi connectivity index (χ1n) is 7.42. The van der Waals surface area contributed by atoms with Crippen molar-refractivity contribution in [3.63, 3.8) is 0 Å². The monoisotopic (exact) mass is 359 g/mol. The number of nitrogens with one attached hydrogen (secondary N) is 1. The molecule has 1 aromatic carbocycles. The van der Waals surface area contributed by atoms with Gasteiger partial charge in [-0.05, 0) is 23.8 Å². The van der Waals surface area contributed by atoms with Crippen molar-refractivity contribution < 1.29 is 8.42 Å². The van der Waals surface area contributed by atoms with Gasteiger partial charge in [-0.2, -0.15) is 5.21 Å².